The zero-order valence-electron chi connectivity index (χ0n) is 15.7. The van der Waals surface area contributed by atoms with Crippen molar-refractivity contribution < 1.29 is 34.3 Å². The first-order valence-corrected chi connectivity index (χ1v) is 8.65. The Morgan fingerprint density at radius 3 is 2.52 bits per heavy atom. The smallest absolute Gasteiger partial charge is 0.418 e. The lowest BCUT2D eigenvalue weighted by atomic mass is 9.96. The lowest BCUT2D eigenvalue weighted by Crippen LogP contribution is -2.46. The van der Waals surface area contributed by atoms with Gasteiger partial charge >= 0.3 is 11.8 Å². The van der Waals surface area contributed by atoms with Gasteiger partial charge in [-0.3, -0.25) is 9.88 Å². The molecule has 3 rings (SSSR count). The van der Waals surface area contributed by atoms with E-state index in [9.17, 15) is 24.9 Å². The van der Waals surface area contributed by atoms with E-state index in [1.165, 1.54) is 38.4 Å². The fraction of sp³-hybridized carbons (Fsp3) is 0.389. The number of carbonyl (C=O) groups is 1. The molecule has 4 atom stereocenters. The molecule has 1 aliphatic heterocycles. The van der Waals surface area contributed by atoms with Crippen molar-refractivity contribution in [2.75, 3.05) is 19.0 Å². The summed E-state index contributed by atoms with van der Waals surface area (Å²) in [6.45, 7) is 0.746. The number of nitrogens with one attached hydrogen (secondary N) is 1. The van der Waals surface area contributed by atoms with Crippen LogP contribution in [-0.2, 0) is 4.74 Å². The van der Waals surface area contributed by atoms with Crippen molar-refractivity contribution in [3.8, 4) is 11.5 Å². The van der Waals surface area contributed by atoms with E-state index >= 15 is 0 Å². The van der Waals surface area contributed by atoms with E-state index in [4.69, 9.17) is 14.2 Å². The zero-order valence-corrected chi connectivity index (χ0v) is 15.7. The molecular weight excluding hydrogens is 386 g/mol. The van der Waals surface area contributed by atoms with Gasteiger partial charge in [0.05, 0.1) is 13.7 Å². The van der Waals surface area contributed by atoms with Gasteiger partial charge in [0.25, 0.3) is 0 Å². The predicted molar refractivity (Wildman–Crippen MR) is 98.8 cm³/mol. The summed E-state index contributed by atoms with van der Waals surface area (Å²) in [7, 11) is 1.51. The second kappa shape index (κ2) is 8.17. The standard InChI is InChI=1S/C18H21N3O8/c1-18(26)14(23)12(9-22)29-15(18)21-8-7-13(19-16(21)24)20-17(25)28-11-5-3-10(27-2)4-6-11/h3-8,12,14-15,22-23,26H,9H2,1-2H3,(H,19,20,24,25)/t12-,14-,15-,18-/m1/s1. The topological polar surface area (TPSA) is 152 Å². The third-order valence-electron chi connectivity index (χ3n) is 4.52. The summed E-state index contributed by atoms with van der Waals surface area (Å²) < 4.78 is 16.4. The minimum absolute atomic E-state index is 0.0818. The van der Waals surface area contributed by atoms with E-state index in [0.29, 0.717) is 5.75 Å². The number of rotatable bonds is 5. The van der Waals surface area contributed by atoms with Crippen molar-refractivity contribution in [2.24, 2.45) is 0 Å². The van der Waals surface area contributed by atoms with Gasteiger partial charge in [0, 0.05) is 6.20 Å². The summed E-state index contributed by atoms with van der Waals surface area (Å²) in [6.07, 6.45) is -3.35. The quantitative estimate of drug-likeness (QED) is 0.531. The number of aliphatic hydroxyl groups is 3. The zero-order chi connectivity index (χ0) is 21.2. The molecule has 0 radical (unpaired) electrons. The Kier molecular flexibility index (Phi) is 5.84. The molecule has 2 heterocycles. The minimum Gasteiger partial charge on any atom is -0.497 e. The van der Waals surface area contributed by atoms with Crippen LogP contribution in [0.1, 0.15) is 13.2 Å². The molecule has 1 aliphatic rings. The average Bonchev–Trinajstić information content (AvgIpc) is 2.92. The summed E-state index contributed by atoms with van der Waals surface area (Å²) in [5.74, 6) is 0.777. The summed E-state index contributed by atoms with van der Waals surface area (Å²) in [6, 6.07) is 7.60. The van der Waals surface area contributed by atoms with Crippen LogP contribution in [0.25, 0.3) is 0 Å². The van der Waals surface area contributed by atoms with Crippen LogP contribution in [-0.4, -0.2) is 62.5 Å². The molecule has 2 aromatic rings. The van der Waals surface area contributed by atoms with Crippen molar-refractivity contribution in [3.05, 3.63) is 47.0 Å². The second-order valence-electron chi connectivity index (χ2n) is 6.57. The van der Waals surface area contributed by atoms with Crippen molar-refractivity contribution >= 4 is 11.9 Å². The van der Waals surface area contributed by atoms with E-state index in [-0.39, 0.29) is 11.6 Å². The molecule has 1 fully saturated rings. The maximum absolute atomic E-state index is 12.3. The molecule has 0 spiro atoms. The first-order valence-electron chi connectivity index (χ1n) is 8.65. The van der Waals surface area contributed by atoms with Crippen LogP contribution >= 0.6 is 0 Å². The Morgan fingerprint density at radius 1 is 1.31 bits per heavy atom. The van der Waals surface area contributed by atoms with Crippen LogP contribution < -0.4 is 20.5 Å². The van der Waals surface area contributed by atoms with Crippen molar-refractivity contribution in [1.29, 1.82) is 0 Å². The molecule has 11 heteroatoms. The molecule has 29 heavy (non-hydrogen) atoms. The van der Waals surface area contributed by atoms with Crippen LogP contribution in [0.4, 0.5) is 10.6 Å². The Bertz CT molecular complexity index is 927. The monoisotopic (exact) mass is 407 g/mol. The summed E-state index contributed by atoms with van der Waals surface area (Å²) >= 11 is 0. The minimum atomic E-state index is -1.83. The molecule has 0 saturated carbocycles. The number of methoxy groups -OCH3 is 1. The van der Waals surface area contributed by atoms with Crippen LogP contribution in [0, 0.1) is 0 Å². The number of hydrogen-bond acceptors (Lipinski definition) is 9. The highest BCUT2D eigenvalue weighted by atomic mass is 16.6. The van der Waals surface area contributed by atoms with Gasteiger partial charge < -0.3 is 29.5 Å². The molecule has 1 aromatic heterocycles. The number of benzene rings is 1. The fourth-order valence-electron chi connectivity index (χ4n) is 2.93. The lowest BCUT2D eigenvalue weighted by Gasteiger charge is -2.27. The molecule has 0 unspecified atom stereocenters. The van der Waals surface area contributed by atoms with E-state index < -0.39 is 42.4 Å². The second-order valence-corrected chi connectivity index (χ2v) is 6.57. The van der Waals surface area contributed by atoms with Gasteiger partial charge in [-0.05, 0) is 37.3 Å². The number of nitrogens with zero attached hydrogens (tertiary/aromatic N) is 2. The van der Waals surface area contributed by atoms with E-state index in [1.54, 1.807) is 12.1 Å². The highest BCUT2D eigenvalue weighted by Gasteiger charge is 2.53. The highest BCUT2D eigenvalue weighted by molar-refractivity contribution is 5.84. The number of ether oxygens (including phenoxy) is 3. The molecule has 1 amide bonds. The Balaban J connectivity index is 1.71. The SMILES string of the molecule is COc1ccc(OC(=O)Nc2ccn([C@@H]3O[C@H](CO)[C@@H](O)[C@@]3(C)O)c(=O)n2)cc1. The molecule has 1 saturated heterocycles. The van der Waals surface area contributed by atoms with Gasteiger partial charge in [0.2, 0.25) is 0 Å². The van der Waals surface area contributed by atoms with E-state index in [1.807, 2.05) is 0 Å². The largest absolute Gasteiger partial charge is 0.497 e. The van der Waals surface area contributed by atoms with E-state index in [2.05, 4.69) is 10.3 Å². The number of anilines is 1. The Labute approximate surface area is 165 Å². The molecular formula is C18H21N3O8. The Morgan fingerprint density at radius 2 is 1.97 bits per heavy atom. The number of aliphatic hydroxyl groups excluding tert-OH is 2. The summed E-state index contributed by atoms with van der Waals surface area (Å²) in [5.41, 5.74) is -2.68. The molecule has 156 valence electrons. The van der Waals surface area contributed by atoms with Crippen LogP contribution in [0.2, 0.25) is 0 Å². The normalized spacial score (nSPS) is 26.2. The lowest BCUT2D eigenvalue weighted by molar-refractivity contribution is -0.0986. The maximum Gasteiger partial charge on any atom is 0.418 e. The van der Waals surface area contributed by atoms with Gasteiger partial charge in [0.1, 0.15) is 35.1 Å². The third kappa shape index (κ3) is 4.22. The Hall–Kier alpha value is -2.99. The number of aromatic nitrogens is 2. The predicted octanol–water partition coefficient (Wildman–Crippen LogP) is -0.136. The third-order valence-corrected chi connectivity index (χ3v) is 4.52. The summed E-state index contributed by atoms with van der Waals surface area (Å²) in [4.78, 5) is 28.0. The van der Waals surface area contributed by atoms with Crippen molar-refractivity contribution in [3.63, 3.8) is 0 Å². The highest BCUT2D eigenvalue weighted by Crippen LogP contribution is 2.37. The molecule has 1 aromatic carbocycles. The average molecular weight is 407 g/mol. The maximum atomic E-state index is 12.3. The summed E-state index contributed by atoms with van der Waals surface area (Å²) in [5, 5.41) is 32.0. The van der Waals surface area contributed by atoms with Gasteiger partial charge in [0.15, 0.2) is 6.23 Å². The van der Waals surface area contributed by atoms with Crippen molar-refractivity contribution in [1.82, 2.24) is 9.55 Å². The van der Waals surface area contributed by atoms with Crippen LogP contribution in [0.3, 0.4) is 0 Å². The number of hydrogen-bond donors (Lipinski definition) is 4. The fourth-order valence-corrected chi connectivity index (χ4v) is 2.93. The van der Waals surface area contributed by atoms with Gasteiger partial charge in [-0.25, -0.2) is 9.59 Å². The van der Waals surface area contributed by atoms with Crippen LogP contribution in [0.5, 0.6) is 11.5 Å². The van der Waals surface area contributed by atoms with E-state index in [0.717, 1.165) is 4.57 Å². The molecule has 4 N–H and O–H groups in total. The number of amides is 1. The number of carbonyl (C=O) groups excluding carboxylic acids is 1. The molecule has 0 bridgehead atoms. The molecule has 11 nitrogen and oxygen atoms in total. The van der Waals surface area contributed by atoms with Crippen molar-refractivity contribution in [2.45, 2.75) is 31.0 Å². The first-order chi connectivity index (χ1) is 13.8. The molecule has 0 aliphatic carbocycles. The van der Waals surface area contributed by atoms with Gasteiger partial charge in [-0.1, -0.05) is 0 Å². The van der Waals surface area contributed by atoms with Gasteiger partial charge in [-0.15, -0.1) is 0 Å². The van der Waals surface area contributed by atoms with Crippen LogP contribution in [0.15, 0.2) is 41.3 Å². The van der Waals surface area contributed by atoms with Gasteiger partial charge in [-0.2, -0.15) is 4.98 Å². The first kappa shape index (κ1) is 20.7.